The third-order valence-corrected chi connectivity index (χ3v) is 6.35. The van der Waals surface area contributed by atoms with Crippen LogP contribution in [0.2, 0.25) is 0 Å². The van der Waals surface area contributed by atoms with Crippen LogP contribution >= 0.6 is 0 Å². The predicted molar refractivity (Wildman–Crippen MR) is 119 cm³/mol. The predicted octanol–water partition coefficient (Wildman–Crippen LogP) is 3.75. The molecule has 0 bridgehead atoms. The second-order valence-electron chi connectivity index (χ2n) is 9.47. The lowest BCUT2D eigenvalue weighted by atomic mass is 9.94. The largest absolute Gasteiger partial charge is 0.333 e. The monoisotopic (exact) mass is 479 g/mol. The average Bonchev–Trinajstić information content (AvgIpc) is 3.15. The van der Waals surface area contributed by atoms with Crippen molar-refractivity contribution in [2.24, 2.45) is 5.92 Å². The smallest absolute Gasteiger partial charge is 0.318 e. The zero-order valence-corrected chi connectivity index (χ0v) is 19.3. The normalized spacial score (nSPS) is 20.8. The molecule has 0 saturated carbocycles. The van der Waals surface area contributed by atoms with Crippen LogP contribution < -0.4 is 5.32 Å². The number of urea groups is 1. The molecule has 34 heavy (non-hydrogen) atoms. The molecular weight excluding hydrogens is 450 g/mol. The van der Waals surface area contributed by atoms with Gasteiger partial charge in [0.1, 0.15) is 5.82 Å². The number of alkyl halides is 2. The molecule has 0 spiro atoms. The maximum atomic E-state index is 13.9. The van der Waals surface area contributed by atoms with Gasteiger partial charge in [0.2, 0.25) is 0 Å². The van der Waals surface area contributed by atoms with Crippen LogP contribution in [0, 0.1) is 17.6 Å². The number of likely N-dealkylation sites (tertiary alicyclic amines) is 1. The standard InChI is InChI=1S/C24H29F4N5O/c1-14(2)7-23-29-9-16-5-6-33(12-20(16)30-23)24(34)31-21-11-32(13-22(27)28)10-17(21)15-3-4-18(25)19(26)8-15/h3-4,8-9,14,17,21-22H,5-7,10-13H2,1-2H3,(H,31,34)/t17-,21+/m0/s1. The molecule has 2 aliphatic heterocycles. The maximum Gasteiger partial charge on any atom is 0.318 e. The van der Waals surface area contributed by atoms with E-state index in [9.17, 15) is 22.4 Å². The lowest BCUT2D eigenvalue weighted by molar-refractivity contribution is 0.0982. The van der Waals surface area contributed by atoms with E-state index in [1.54, 1.807) is 9.80 Å². The van der Waals surface area contributed by atoms with Gasteiger partial charge in [0.15, 0.2) is 11.6 Å². The van der Waals surface area contributed by atoms with Crippen molar-refractivity contribution in [2.75, 3.05) is 26.2 Å². The average molecular weight is 480 g/mol. The van der Waals surface area contributed by atoms with E-state index < -0.39 is 36.6 Å². The van der Waals surface area contributed by atoms with Gasteiger partial charge < -0.3 is 10.2 Å². The molecule has 3 heterocycles. The number of hydrogen-bond donors (Lipinski definition) is 1. The minimum atomic E-state index is -2.53. The van der Waals surface area contributed by atoms with Crippen LogP contribution in [0.3, 0.4) is 0 Å². The van der Waals surface area contributed by atoms with Crippen LogP contribution in [-0.2, 0) is 19.4 Å². The molecule has 1 aromatic carbocycles. The molecule has 10 heteroatoms. The van der Waals surface area contributed by atoms with Gasteiger partial charge in [-0.05, 0) is 35.6 Å². The Hall–Kier alpha value is -2.75. The second-order valence-corrected chi connectivity index (χ2v) is 9.47. The highest BCUT2D eigenvalue weighted by atomic mass is 19.3. The fourth-order valence-corrected chi connectivity index (χ4v) is 4.69. The first-order valence-corrected chi connectivity index (χ1v) is 11.5. The highest BCUT2D eigenvalue weighted by Gasteiger charge is 2.37. The molecule has 2 atom stereocenters. The highest BCUT2D eigenvalue weighted by molar-refractivity contribution is 5.75. The van der Waals surface area contributed by atoms with Crippen LogP contribution in [-0.4, -0.2) is 64.4 Å². The minimum Gasteiger partial charge on any atom is -0.333 e. The molecule has 2 amide bonds. The number of halogens is 4. The summed E-state index contributed by atoms with van der Waals surface area (Å²) in [5.41, 5.74) is 2.30. The maximum absolute atomic E-state index is 13.9. The van der Waals surface area contributed by atoms with Crippen molar-refractivity contribution >= 4 is 6.03 Å². The Kier molecular flexibility index (Phi) is 7.35. The molecule has 1 N–H and O–H groups in total. The van der Waals surface area contributed by atoms with E-state index in [1.807, 2.05) is 6.20 Å². The van der Waals surface area contributed by atoms with Crippen LogP contribution in [0.5, 0.6) is 0 Å². The topological polar surface area (TPSA) is 61.4 Å². The summed E-state index contributed by atoms with van der Waals surface area (Å²) in [6.45, 7) is 4.96. The summed E-state index contributed by atoms with van der Waals surface area (Å²) in [6.07, 6.45) is 0.670. The van der Waals surface area contributed by atoms with E-state index in [4.69, 9.17) is 0 Å². The van der Waals surface area contributed by atoms with Crippen molar-refractivity contribution in [2.45, 2.75) is 51.6 Å². The molecule has 0 unspecified atom stereocenters. The molecule has 6 nitrogen and oxygen atoms in total. The summed E-state index contributed by atoms with van der Waals surface area (Å²) >= 11 is 0. The number of hydrogen-bond acceptors (Lipinski definition) is 4. The van der Waals surface area contributed by atoms with Gasteiger partial charge in [0.05, 0.1) is 24.8 Å². The van der Waals surface area contributed by atoms with Gasteiger partial charge in [-0.25, -0.2) is 32.3 Å². The van der Waals surface area contributed by atoms with Crippen molar-refractivity contribution in [3.05, 3.63) is 58.7 Å². The van der Waals surface area contributed by atoms with E-state index in [2.05, 4.69) is 29.1 Å². The van der Waals surface area contributed by atoms with Gasteiger partial charge in [-0.3, -0.25) is 4.90 Å². The highest BCUT2D eigenvalue weighted by Crippen LogP contribution is 2.30. The zero-order chi connectivity index (χ0) is 24.4. The van der Waals surface area contributed by atoms with Gasteiger partial charge in [0.25, 0.3) is 6.43 Å². The van der Waals surface area contributed by atoms with Gasteiger partial charge in [-0.1, -0.05) is 19.9 Å². The van der Waals surface area contributed by atoms with E-state index in [0.717, 1.165) is 35.6 Å². The summed E-state index contributed by atoms with van der Waals surface area (Å²) in [4.78, 5) is 25.4. The van der Waals surface area contributed by atoms with Crippen molar-refractivity contribution in [1.82, 2.24) is 25.1 Å². The summed E-state index contributed by atoms with van der Waals surface area (Å²) < 4.78 is 53.3. The number of carbonyl (C=O) groups is 1. The molecule has 2 aromatic rings. The lowest BCUT2D eigenvalue weighted by Gasteiger charge is -2.30. The molecule has 0 radical (unpaired) electrons. The number of fused-ring (bicyclic) bond motifs is 1. The first kappa shape index (κ1) is 24.4. The third kappa shape index (κ3) is 5.65. The lowest BCUT2D eigenvalue weighted by Crippen LogP contribution is -2.49. The van der Waals surface area contributed by atoms with Crippen molar-refractivity contribution in [1.29, 1.82) is 0 Å². The first-order chi connectivity index (χ1) is 16.2. The van der Waals surface area contributed by atoms with E-state index in [0.29, 0.717) is 31.0 Å². The fraction of sp³-hybridized carbons (Fsp3) is 0.542. The Bertz CT molecular complexity index is 1030. The Morgan fingerprint density at radius 2 is 2.00 bits per heavy atom. The van der Waals surface area contributed by atoms with Gasteiger partial charge in [-0.15, -0.1) is 0 Å². The summed E-state index contributed by atoms with van der Waals surface area (Å²) in [5, 5.41) is 2.95. The van der Waals surface area contributed by atoms with Gasteiger partial charge in [0, 0.05) is 38.2 Å². The molecule has 1 saturated heterocycles. The van der Waals surface area contributed by atoms with Crippen LogP contribution in [0.4, 0.5) is 22.4 Å². The zero-order valence-electron chi connectivity index (χ0n) is 19.3. The number of benzene rings is 1. The molecule has 1 fully saturated rings. The van der Waals surface area contributed by atoms with Gasteiger partial charge >= 0.3 is 6.03 Å². The minimum absolute atomic E-state index is 0.199. The Balaban J connectivity index is 1.48. The van der Waals surface area contributed by atoms with E-state index in [1.165, 1.54) is 6.07 Å². The second kappa shape index (κ2) is 10.2. The van der Waals surface area contributed by atoms with Gasteiger partial charge in [-0.2, -0.15) is 0 Å². The number of carbonyl (C=O) groups excluding carboxylic acids is 1. The van der Waals surface area contributed by atoms with Crippen molar-refractivity contribution in [3.63, 3.8) is 0 Å². The fourth-order valence-electron chi connectivity index (χ4n) is 4.69. The quantitative estimate of drug-likeness (QED) is 0.641. The van der Waals surface area contributed by atoms with Crippen LogP contribution in [0.1, 0.15) is 42.4 Å². The summed E-state index contributed by atoms with van der Waals surface area (Å²) in [7, 11) is 0. The molecule has 1 aromatic heterocycles. The Labute approximate surface area is 196 Å². The number of nitrogens with zero attached hydrogens (tertiary/aromatic N) is 4. The van der Waals surface area contributed by atoms with Crippen molar-refractivity contribution in [3.8, 4) is 0 Å². The van der Waals surface area contributed by atoms with Crippen LogP contribution in [0.15, 0.2) is 24.4 Å². The van der Waals surface area contributed by atoms with E-state index in [-0.39, 0.29) is 19.1 Å². The first-order valence-electron chi connectivity index (χ1n) is 11.5. The number of rotatable bonds is 6. The molecule has 4 rings (SSSR count). The number of nitrogens with one attached hydrogen (secondary N) is 1. The molecular formula is C24H29F4N5O. The van der Waals surface area contributed by atoms with E-state index >= 15 is 0 Å². The molecule has 0 aliphatic carbocycles. The van der Waals surface area contributed by atoms with Crippen molar-refractivity contribution < 1.29 is 22.4 Å². The molecule has 184 valence electrons. The number of aromatic nitrogens is 2. The third-order valence-electron chi connectivity index (χ3n) is 6.35. The number of amides is 2. The van der Waals surface area contributed by atoms with Crippen LogP contribution in [0.25, 0.3) is 0 Å². The SMILES string of the molecule is CC(C)Cc1ncc2c(n1)CN(C(=O)N[C@@H]1CN(CC(F)F)C[C@H]1c1ccc(F)c(F)c1)CC2. The Morgan fingerprint density at radius 1 is 1.21 bits per heavy atom. The molecule has 2 aliphatic rings. The summed E-state index contributed by atoms with van der Waals surface area (Å²) in [6, 6.07) is 2.70. The summed E-state index contributed by atoms with van der Waals surface area (Å²) in [5.74, 6) is -1.26. The Morgan fingerprint density at radius 3 is 2.71 bits per heavy atom.